The molecule has 0 atom stereocenters. The molecular weight excluding hydrogens is 198 g/mol. The zero-order valence-electron chi connectivity index (χ0n) is 9.58. The quantitative estimate of drug-likeness (QED) is 0.533. The van der Waals surface area contributed by atoms with E-state index in [9.17, 15) is 4.79 Å². The fourth-order valence-electron chi connectivity index (χ4n) is 0.874. The first kappa shape index (κ1) is 14.3. The Morgan fingerprint density at radius 3 is 2.07 bits per heavy atom. The van der Waals surface area contributed by atoms with Crippen molar-refractivity contribution < 1.29 is 19.0 Å². The highest BCUT2D eigenvalue weighted by atomic mass is 16.5. The van der Waals surface area contributed by atoms with Gasteiger partial charge in [-0.1, -0.05) is 0 Å². The lowest BCUT2D eigenvalue weighted by Gasteiger charge is -2.05. The van der Waals surface area contributed by atoms with Crippen LogP contribution in [-0.2, 0) is 19.0 Å². The molecule has 0 aliphatic rings. The number of carbonyl (C=O) groups excluding carboxylic acids is 1. The summed E-state index contributed by atoms with van der Waals surface area (Å²) in [6.07, 6.45) is 0.398. The first-order chi connectivity index (χ1) is 7.31. The van der Waals surface area contributed by atoms with Crippen LogP contribution in [0.5, 0.6) is 0 Å². The molecule has 0 aliphatic heterocycles. The fourth-order valence-corrected chi connectivity index (χ4v) is 0.874. The topological polar surface area (TPSA) is 56.8 Å². The van der Waals surface area contributed by atoms with Crippen molar-refractivity contribution in [2.75, 3.05) is 46.7 Å². The number of hydrogen-bond acceptors (Lipinski definition) is 4. The van der Waals surface area contributed by atoms with Crippen LogP contribution < -0.4 is 5.32 Å². The molecule has 1 amide bonds. The number of ether oxygens (including phenoxy) is 3. The maximum Gasteiger partial charge on any atom is 0.222 e. The van der Waals surface area contributed by atoms with Crippen molar-refractivity contribution in [2.45, 2.75) is 13.3 Å². The second kappa shape index (κ2) is 11.4. The van der Waals surface area contributed by atoms with Crippen LogP contribution in [0.2, 0.25) is 0 Å². The first-order valence-electron chi connectivity index (χ1n) is 5.25. The highest BCUT2D eigenvalue weighted by molar-refractivity contribution is 5.75. The van der Waals surface area contributed by atoms with Crippen molar-refractivity contribution in [3.63, 3.8) is 0 Å². The van der Waals surface area contributed by atoms with Gasteiger partial charge in [0.15, 0.2) is 0 Å². The van der Waals surface area contributed by atoms with E-state index in [4.69, 9.17) is 14.2 Å². The van der Waals surface area contributed by atoms with E-state index >= 15 is 0 Å². The summed E-state index contributed by atoms with van der Waals surface area (Å²) in [5.74, 6) is -0.00716. The summed E-state index contributed by atoms with van der Waals surface area (Å²) in [5.41, 5.74) is 0. The van der Waals surface area contributed by atoms with E-state index in [0.717, 1.165) is 0 Å². The van der Waals surface area contributed by atoms with Gasteiger partial charge >= 0.3 is 0 Å². The molecule has 0 aromatic rings. The summed E-state index contributed by atoms with van der Waals surface area (Å²) in [7, 11) is 1.61. The van der Waals surface area contributed by atoms with Crippen molar-refractivity contribution >= 4 is 5.91 Å². The summed E-state index contributed by atoms with van der Waals surface area (Å²) >= 11 is 0. The molecule has 0 saturated carbocycles. The molecule has 0 aromatic heterocycles. The predicted octanol–water partition coefficient (Wildman–Crippen LogP) is 0.192. The lowest BCUT2D eigenvalue weighted by atomic mass is 10.4. The summed E-state index contributed by atoms with van der Waals surface area (Å²) in [4.78, 5) is 10.8. The smallest absolute Gasteiger partial charge is 0.222 e. The molecule has 0 aliphatic carbocycles. The number of nitrogens with one attached hydrogen (secondary N) is 1. The van der Waals surface area contributed by atoms with Gasteiger partial charge in [0.2, 0.25) is 5.91 Å². The van der Waals surface area contributed by atoms with Gasteiger partial charge in [-0.2, -0.15) is 0 Å². The summed E-state index contributed by atoms with van der Waals surface area (Å²) in [5, 5.41) is 2.52. The van der Waals surface area contributed by atoms with Crippen LogP contribution in [0, 0.1) is 0 Å². The highest BCUT2D eigenvalue weighted by Crippen LogP contribution is 1.84. The third-order valence-electron chi connectivity index (χ3n) is 1.70. The zero-order chi connectivity index (χ0) is 11.4. The Hall–Kier alpha value is -0.650. The predicted molar refractivity (Wildman–Crippen MR) is 56.8 cm³/mol. The second-order valence-electron chi connectivity index (χ2n) is 2.84. The standard InChI is InChI=1S/C10H21NO4/c1-3-13-6-7-15-9-8-14-5-4-10(12)11-2/h3-9H2,1-2H3,(H,11,12). The summed E-state index contributed by atoms with van der Waals surface area (Å²) in [6, 6.07) is 0. The molecule has 0 heterocycles. The normalized spacial score (nSPS) is 10.3. The average molecular weight is 219 g/mol. The third kappa shape index (κ3) is 11.3. The molecule has 90 valence electrons. The SMILES string of the molecule is CCOCCOCCOCCC(=O)NC. The maximum atomic E-state index is 10.8. The molecule has 5 heteroatoms. The number of amides is 1. The van der Waals surface area contributed by atoms with E-state index < -0.39 is 0 Å². The Morgan fingerprint density at radius 1 is 1.00 bits per heavy atom. The molecule has 0 fully saturated rings. The maximum absolute atomic E-state index is 10.8. The van der Waals surface area contributed by atoms with E-state index in [2.05, 4.69) is 5.32 Å². The summed E-state index contributed by atoms with van der Waals surface area (Å²) in [6.45, 7) is 5.37. The van der Waals surface area contributed by atoms with Gasteiger partial charge in [0.1, 0.15) is 0 Å². The fraction of sp³-hybridized carbons (Fsp3) is 0.900. The second-order valence-corrected chi connectivity index (χ2v) is 2.84. The van der Waals surface area contributed by atoms with Crippen molar-refractivity contribution in [3.05, 3.63) is 0 Å². The largest absolute Gasteiger partial charge is 0.379 e. The highest BCUT2D eigenvalue weighted by Gasteiger charge is 1.96. The Kier molecular flexibility index (Phi) is 10.9. The van der Waals surface area contributed by atoms with Gasteiger partial charge in [0, 0.05) is 20.1 Å². The minimum atomic E-state index is -0.00716. The van der Waals surface area contributed by atoms with Crippen LogP contribution in [0.4, 0.5) is 0 Å². The van der Waals surface area contributed by atoms with Gasteiger partial charge in [-0.3, -0.25) is 4.79 Å². The number of hydrogen-bond donors (Lipinski definition) is 1. The van der Waals surface area contributed by atoms with Crippen molar-refractivity contribution in [3.8, 4) is 0 Å². The van der Waals surface area contributed by atoms with Gasteiger partial charge in [0.25, 0.3) is 0 Å². The molecule has 0 spiro atoms. The summed E-state index contributed by atoms with van der Waals surface area (Å²) < 4.78 is 15.5. The Labute approximate surface area is 91.1 Å². The molecule has 0 radical (unpaired) electrons. The molecule has 5 nitrogen and oxygen atoms in total. The molecule has 0 unspecified atom stereocenters. The van der Waals surface area contributed by atoms with Crippen molar-refractivity contribution in [1.82, 2.24) is 5.32 Å². The molecule has 0 rings (SSSR count). The van der Waals surface area contributed by atoms with Gasteiger partial charge in [-0.05, 0) is 6.92 Å². The van der Waals surface area contributed by atoms with Crippen molar-refractivity contribution in [2.24, 2.45) is 0 Å². The minimum Gasteiger partial charge on any atom is -0.379 e. The average Bonchev–Trinajstić information content (AvgIpc) is 2.26. The van der Waals surface area contributed by atoms with Crippen LogP contribution >= 0.6 is 0 Å². The first-order valence-corrected chi connectivity index (χ1v) is 5.25. The van der Waals surface area contributed by atoms with Crippen LogP contribution in [0.15, 0.2) is 0 Å². The van der Waals surface area contributed by atoms with Gasteiger partial charge in [-0.15, -0.1) is 0 Å². The molecular formula is C10H21NO4. The van der Waals surface area contributed by atoms with Crippen LogP contribution in [-0.4, -0.2) is 52.6 Å². The van der Waals surface area contributed by atoms with E-state index in [1.54, 1.807) is 7.05 Å². The lowest BCUT2D eigenvalue weighted by molar-refractivity contribution is -0.121. The van der Waals surface area contributed by atoms with Gasteiger partial charge < -0.3 is 19.5 Å². The zero-order valence-corrected chi connectivity index (χ0v) is 9.58. The Balaban J connectivity index is 2.95. The molecule has 15 heavy (non-hydrogen) atoms. The molecule has 1 N–H and O–H groups in total. The van der Waals surface area contributed by atoms with E-state index in [0.29, 0.717) is 46.1 Å². The van der Waals surface area contributed by atoms with Gasteiger partial charge in [-0.25, -0.2) is 0 Å². The number of rotatable bonds is 10. The molecule has 0 bridgehead atoms. The van der Waals surface area contributed by atoms with Crippen LogP contribution in [0.25, 0.3) is 0 Å². The van der Waals surface area contributed by atoms with Gasteiger partial charge in [0.05, 0.1) is 33.0 Å². The van der Waals surface area contributed by atoms with E-state index in [1.807, 2.05) is 6.92 Å². The Bertz CT molecular complexity index is 152. The Morgan fingerprint density at radius 2 is 1.53 bits per heavy atom. The monoisotopic (exact) mass is 219 g/mol. The van der Waals surface area contributed by atoms with E-state index in [1.165, 1.54) is 0 Å². The number of carbonyl (C=O) groups is 1. The molecule has 0 aromatic carbocycles. The third-order valence-corrected chi connectivity index (χ3v) is 1.70. The van der Waals surface area contributed by atoms with Crippen LogP contribution in [0.1, 0.15) is 13.3 Å². The minimum absolute atomic E-state index is 0.00716. The lowest BCUT2D eigenvalue weighted by Crippen LogP contribution is -2.20. The molecule has 0 saturated heterocycles. The van der Waals surface area contributed by atoms with Crippen molar-refractivity contribution in [1.29, 1.82) is 0 Å². The van der Waals surface area contributed by atoms with E-state index in [-0.39, 0.29) is 5.91 Å². The van der Waals surface area contributed by atoms with Crippen LogP contribution in [0.3, 0.4) is 0 Å².